The minimum absolute atomic E-state index is 0.105. The number of para-hydroxylation sites is 1. The molecule has 1 aromatic carbocycles. The summed E-state index contributed by atoms with van der Waals surface area (Å²) < 4.78 is 16.8. The number of ether oxygens (including phenoxy) is 3. The highest BCUT2D eigenvalue weighted by Crippen LogP contribution is 2.36. The van der Waals surface area contributed by atoms with Crippen LogP contribution in [-0.2, 0) is 11.3 Å². The molecule has 0 aliphatic rings. The molecule has 1 heterocycles. The smallest absolute Gasteiger partial charge is 0.260 e. The fraction of sp³-hybridized carbons (Fsp3) is 0.312. The van der Waals surface area contributed by atoms with Gasteiger partial charge in [0.15, 0.2) is 18.1 Å². The molecule has 0 unspecified atom stereocenters. The van der Waals surface area contributed by atoms with Gasteiger partial charge in [-0.1, -0.05) is 17.7 Å². The molecule has 2 aromatic rings. The van der Waals surface area contributed by atoms with Crippen LogP contribution >= 0.6 is 22.9 Å². The largest absolute Gasteiger partial charge is 0.493 e. The lowest BCUT2D eigenvalue weighted by Gasteiger charge is -2.18. The molecule has 0 saturated heterocycles. The Morgan fingerprint density at radius 3 is 2.35 bits per heavy atom. The summed E-state index contributed by atoms with van der Waals surface area (Å²) in [5, 5.41) is 0. The molecular formula is C16H18ClNO4S. The first-order valence-corrected chi connectivity index (χ1v) is 8.06. The van der Waals surface area contributed by atoms with Crippen LogP contribution in [0.25, 0.3) is 0 Å². The summed E-state index contributed by atoms with van der Waals surface area (Å²) in [6.07, 6.45) is 0. The minimum Gasteiger partial charge on any atom is -0.493 e. The number of rotatable bonds is 7. The van der Waals surface area contributed by atoms with Gasteiger partial charge in [-0.15, -0.1) is 11.3 Å². The number of likely N-dealkylation sites (N-methyl/N-ethyl adjacent to an activating group) is 1. The number of carbonyl (C=O) groups excluding carboxylic acids is 1. The predicted molar refractivity (Wildman–Crippen MR) is 90.8 cm³/mol. The third-order valence-electron chi connectivity index (χ3n) is 3.17. The van der Waals surface area contributed by atoms with Crippen LogP contribution in [0.3, 0.4) is 0 Å². The van der Waals surface area contributed by atoms with Crippen molar-refractivity contribution in [2.24, 2.45) is 0 Å². The highest BCUT2D eigenvalue weighted by molar-refractivity contribution is 7.16. The zero-order valence-corrected chi connectivity index (χ0v) is 14.7. The molecule has 0 spiro atoms. The van der Waals surface area contributed by atoms with E-state index in [-0.39, 0.29) is 12.5 Å². The SMILES string of the molecule is COc1cccc(OC)c1OCC(=O)N(C)Cc1ccc(Cl)s1. The molecule has 5 nitrogen and oxygen atoms in total. The van der Waals surface area contributed by atoms with Gasteiger partial charge in [-0.05, 0) is 24.3 Å². The first kappa shape index (κ1) is 17.4. The normalized spacial score (nSPS) is 10.3. The van der Waals surface area contributed by atoms with E-state index in [1.807, 2.05) is 12.1 Å². The van der Waals surface area contributed by atoms with Crippen LogP contribution in [0.4, 0.5) is 0 Å². The summed E-state index contributed by atoms with van der Waals surface area (Å²) >= 11 is 7.34. The molecular weight excluding hydrogens is 338 g/mol. The van der Waals surface area contributed by atoms with Crippen molar-refractivity contribution in [2.75, 3.05) is 27.9 Å². The van der Waals surface area contributed by atoms with Gasteiger partial charge in [-0.2, -0.15) is 0 Å². The number of amides is 1. The van der Waals surface area contributed by atoms with Gasteiger partial charge in [-0.25, -0.2) is 0 Å². The Morgan fingerprint density at radius 2 is 1.83 bits per heavy atom. The fourth-order valence-corrected chi connectivity index (χ4v) is 3.10. The molecule has 0 aliphatic heterocycles. The summed E-state index contributed by atoms with van der Waals surface area (Å²) in [7, 11) is 4.80. The quantitative estimate of drug-likeness (QED) is 0.763. The van der Waals surface area contributed by atoms with Gasteiger partial charge in [0.05, 0.1) is 25.1 Å². The molecule has 1 aromatic heterocycles. The molecule has 0 radical (unpaired) electrons. The first-order valence-electron chi connectivity index (χ1n) is 6.87. The molecule has 0 aliphatic carbocycles. The molecule has 0 atom stereocenters. The van der Waals surface area contributed by atoms with Gasteiger partial charge in [0.25, 0.3) is 5.91 Å². The number of hydrogen-bond donors (Lipinski definition) is 0. The number of nitrogens with zero attached hydrogens (tertiary/aromatic N) is 1. The Bertz CT molecular complexity index is 652. The maximum absolute atomic E-state index is 12.2. The van der Waals surface area contributed by atoms with Crippen molar-refractivity contribution in [3.63, 3.8) is 0 Å². The van der Waals surface area contributed by atoms with Crippen LogP contribution in [-0.4, -0.2) is 38.7 Å². The minimum atomic E-state index is -0.150. The van der Waals surface area contributed by atoms with Gasteiger partial charge < -0.3 is 19.1 Å². The van der Waals surface area contributed by atoms with E-state index in [9.17, 15) is 4.79 Å². The predicted octanol–water partition coefficient (Wildman–Crippen LogP) is 3.46. The topological polar surface area (TPSA) is 48.0 Å². The maximum Gasteiger partial charge on any atom is 0.260 e. The highest BCUT2D eigenvalue weighted by Gasteiger charge is 2.16. The van der Waals surface area contributed by atoms with Crippen molar-refractivity contribution in [3.8, 4) is 17.2 Å². The standard InChI is InChI=1S/C16H18ClNO4S/c1-18(9-11-7-8-14(17)23-11)15(19)10-22-16-12(20-2)5-4-6-13(16)21-3/h4-8H,9-10H2,1-3H3. The summed E-state index contributed by atoms with van der Waals surface area (Å²) in [6.45, 7) is 0.384. The Kier molecular flexibility index (Phi) is 6.12. The third-order valence-corrected chi connectivity index (χ3v) is 4.39. The molecule has 0 fully saturated rings. The average molecular weight is 356 g/mol. The van der Waals surface area contributed by atoms with Crippen LogP contribution in [0.15, 0.2) is 30.3 Å². The number of halogens is 1. The molecule has 124 valence electrons. The van der Waals surface area contributed by atoms with Crippen molar-refractivity contribution < 1.29 is 19.0 Å². The van der Waals surface area contributed by atoms with Crippen LogP contribution in [0.1, 0.15) is 4.88 Å². The Morgan fingerprint density at radius 1 is 1.17 bits per heavy atom. The van der Waals surface area contributed by atoms with E-state index in [0.717, 1.165) is 4.88 Å². The summed E-state index contributed by atoms with van der Waals surface area (Å²) in [4.78, 5) is 14.8. The maximum atomic E-state index is 12.2. The highest BCUT2D eigenvalue weighted by atomic mass is 35.5. The number of thiophene rings is 1. The molecule has 0 saturated carbocycles. The molecule has 7 heteroatoms. The van der Waals surface area contributed by atoms with E-state index in [2.05, 4.69) is 0 Å². The fourth-order valence-electron chi connectivity index (χ4n) is 1.96. The van der Waals surface area contributed by atoms with E-state index < -0.39 is 0 Å². The molecule has 0 bridgehead atoms. The second-order valence-electron chi connectivity index (χ2n) is 4.74. The molecule has 1 amide bonds. The number of methoxy groups -OCH3 is 2. The summed E-state index contributed by atoms with van der Waals surface area (Å²) in [6, 6.07) is 9.01. The third kappa shape index (κ3) is 4.53. The van der Waals surface area contributed by atoms with E-state index in [1.54, 1.807) is 30.1 Å². The number of hydrogen-bond acceptors (Lipinski definition) is 5. The number of benzene rings is 1. The lowest BCUT2D eigenvalue weighted by molar-refractivity contribution is -0.132. The van der Waals surface area contributed by atoms with Crippen LogP contribution < -0.4 is 14.2 Å². The van der Waals surface area contributed by atoms with E-state index in [1.165, 1.54) is 25.6 Å². The second kappa shape index (κ2) is 8.08. The van der Waals surface area contributed by atoms with Gasteiger partial charge in [0.1, 0.15) is 0 Å². The van der Waals surface area contributed by atoms with Crippen molar-refractivity contribution in [2.45, 2.75) is 6.54 Å². The van der Waals surface area contributed by atoms with Gasteiger partial charge in [0.2, 0.25) is 5.75 Å². The van der Waals surface area contributed by atoms with Crippen molar-refractivity contribution in [1.82, 2.24) is 4.90 Å². The molecule has 2 rings (SSSR count). The van der Waals surface area contributed by atoms with Gasteiger partial charge >= 0.3 is 0 Å². The van der Waals surface area contributed by atoms with Crippen LogP contribution in [0.5, 0.6) is 17.2 Å². The molecule has 0 N–H and O–H groups in total. The second-order valence-corrected chi connectivity index (χ2v) is 6.54. The lowest BCUT2D eigenvalue weighted by atomic mass is 10.3. The lowest BCUT2D eigenvalue weighted by Crippen LogP contribution is -2.30. The van der Waals surface area contributed by atoms with Crippen LogP contribution in [0.2, 0.25) is 4.34 Å². The Hall–Kier alpha value is -1.92. The average Bonchev–Trinajstić information content (AvgIpc) is 2.96. The van der Waals surface area contributed by atoms with Crippen LogP contribution in [0, 0.1) is 0 Å². The monoisotopic (exact) mass is 355 g/mol. The summed E-state index contributed by atoms with van der Waals surface area (Å²) in [5.74, 6) is 1.30. The molecule has 23 heavy (non-hydrogen) atoms. The van der Waals surface area contributed by atoms with Gasteiger partial charge in [-0.3, -0.25) is 4.79 Å². The zero-order chi connectivity index (χ0) is 16.8. The van der Waals surface area contributed by atoms with Gasteiger partial charge in [0, 0.05) is 11.9 Å². The first-order chi connectivity index (χ1) is 11.0. The van der Waals surface area contributed by atoms with Crippen molar-refractivity contribution in [1.29, 1.82) is 0 Å². The number of carbonyl (C=O) groups is 1. The summed E-state index contributed by atoms with van der Waals surface area (Å²) in [5.41, 5.74) is 0. The van der Waals surface area contributed by atoms with E-state index in [4.69, 9.17) is 25.8 Å². The van der Waals surface area contributed by atoms with Crippen molar-refractivity contribution in [3.05, 3.63) is 39.5 Å². The van der Waals surface area contributed by atoms with E-state index in [0.29, 0.717) is 28.1 Å². The van der Waals surface area contributed by atoms with Crippen molar-refractivity contribution >= 4 is 28.8 Å². The van der Waals surface area contributed by atoms with E-state index >= 15 is 0 Å². The Balaban J connectivity index is 1.98. The Labute approximate surface area is 144 Å². The zero-order valence-electron chi connectivity index (χ0n) is 13.2.